The Morgan fingerprint density at radius 1 is 1.29 bits per heavy atom. The van der Waals surface area contributed by atoms with Crippen LogP contribution in [0.5, 0.6) is 0 Å². The molecule has 0 aliphatic carbocycles. The van der Waals surface area contributed by atoms with Crippen molar-refractivity contribution < 1.29 is 9.59 Å². The van der Waals surface area contributed by atoms with Gasteiger partial charge < -0.3 is 10.2 Å². The molecule has 1 aliphatic rings. The van der Waals surface area contributed by atoms with E-state index in [0.717, 1.165) is 6.42 Å². The van der Waals surface area contributed by atoms with Gasteiger partial charge in [0.2, 0.25) is 11.8 Å². The lowest BCUT2D eigenvalue weighted by atomic mass is 9.93. The van der Waals surface area contributed by atoms with Crippen LogP contribution in [0.4, 0.5) is 0 Å². The zero-order valence-corrected chi connectivity index (χ0v) is 12.7. The van der Waals surface area contributed by atoms with Crippen molar-refractivity contribution >= 4 is 11.8 Å². The van der Waals surface area contributed by atoms with Gasteiger partial charge in [0.05, 0.1) is 6.54 Å². The average molecular weight is 290 g/mol. The molecule has 0 bridgehead atoms. The number of piperazine rings is 1. The fraction of sp³-hybridized carbons (Fsp3) is 0.600. The van der Waals surface area contributed by atoms with Crippen LogP contribution in [0, 0.1) is 5.92 Å². The highest BCUT2D eigenvalue weighted by atomic mass is 16.2. The van der Waals surface area contributed by atoms with Gasteiger partial charge in [-0.05, 0) is 18.4 Å². The molecule has 1 aromatic heterocycles. The summed E-state index contributed by atoms with van der Waals surface area (Å²) in [7, 11) is 0. The molecule has 0 radical (unpaired) electrons. The minimum atomic E-state index is -0.450. The highest BCUT2D eigenvalue weighted by Crippen LogP contribution is 2.20. The summed E-state index contributed by atoms with van der Waals surface area (Å²) in [6, 6.07) is 0.837. The predicted molar refractivity (Wildman–Crippen MR) is 78.0 cm³/mol. The lowest BCUT2D eigenvalue weighted by Crippen LogP contribution is -2.64. The number of carbonyl (C=O) groups is 2. The van der Waals surface area contributed by atoms with Crippen LogP contribution in [0.3, 0.4) is 0 Å². The zero-order valence-electron chi connectivity index (χ0n) is 12.7. The minimum absolute atomic E-state index is 0.0387. The maximum atomic E-state index is 12.7. The predicted octanol–water partition coefficient (Wildman–Crippen LogP) is 1.13. The molecule has 21 heavy (non-hydrogen) atoms. The van der Waals surface area contributed by atoms with E-state index in [0.29, 0.717) is 12.2 Å². The van der Waals surface area contributed by atoms with Gasteiger partial charge in [-0.1, -0.05) is 27.2 Å². The Kier molecular flexibility index (Phi) is 4.88. The van der Waals surface area contributed by atoms with E-state index in [-0.39, 0.29) is 24.3 Å². The van der Waals surface area contributed by atoms with Crippen molar-refractivity contribution in [3.8, 4) is 0 Å². The molecule has 1 fully saturated rings. The topological polar surface area (TPSA) is 75.2 Å². The molecule has 1 aromatic rings. The van der Waals surface area contributed by atoms with Crippen LogP contribution in [0.1, 0.15) is 39.4 Å². The first kappa shape index (κ1) is 15.4. The largest absolute Gasteiger partial charge is 0.342 e. The second-order valence-corrected chi connectivity index (χ2v) is 5.43. The van der Waals surface area contributed by atoms with E-state index in [9.17, 15) is 9.59 Å². The molecule has 6 heteroatoms. The van der Waals surface area contributed by atoms with Gasteiger partial charge in [-0.2, -0.15) is 0 Å². The van der Waals surface area contributed by atoms with E-state index in [1.807, 2.05) is 20.8 Å². The standard InChI is InChI=1S/C15H22N4O2/c1-4-10(3)13-15(21)19(11(5-2)14(20)18-13)9-12-16-7-6-8-17-12/h6-8,10-11,13H,4-5,9H2,1-3H3,(H,18,20). The third kappa shape index (κ3) is 3.20. The molecule has 3 atom stereocenters. The van der Waals surface area contributed by atoms with E-state index in [1.165, 1.54) is 0 Å². The van der Waals surface area contributed by atoms with E-state index >= 15 is 0 Å². The van der Waals surface area contributed by atoms with Gasteiger partial charge in [-0.15, -0.1) is 0 Å². The molecule has 1 saturated heterocycles. The molecular weight excluding hydrogens is 268 g/mol. The maximum absolute atomic E-state index is 12.7. The SMILES string of the molecule is CCC(C)C1NC(=O)C(CC)N(Cc2ncccn2)C1=O. The van der Waals surface area contributed by atoms with Crippen molar-refractivity contribution in [2.24, 2.45) is 5.92 Å². The van der Waals surface area contributed by atoms with Crippen LogP contribution < -0.4 is 5.32 Å². The second kappa shape index (κ2) is 6.65. The Morgan fingerprint density at radius 2 is 1.95 bits per heavy atom. The number of aromatic nitrogens is 2. The van der Waals surface area contributed by atoms with Gasteiger partial charge in [0, 0.05) is 12.4 Å². The summed E-state index contributed by atoms with van der Waals surface area (Å²) in [4.78, 5) is 34.9. The van der Waals surface area contributed by atoms with E-state index < -0.39 is 12.1 Å². The van der Waals surface area contributed by atoms with Gasteiger partial charge in [0.15, 0.2) is 0 Å². The van der Waals surface area contributed by atoms with Gasteiger partial charge in [-0.25, -0.2) is 9.97 Å². The molecular formula is C15H22N4O2. The van der Waals surface area contributed by atoms with Gasteiger partial charge >= 0.3 is 0 Å². The first-order valence-electron chi connectivity index (χ1n) is 7.45. The average Bonchev–Trinajstić information content (AvgIpc) is 2.51. The number of hydrogen-bond acceptors (Lipinski definition) is 4. The van der Waals surface area contributed by atoms with E-state index in [2.05, 4.69) is 15.3 Å². The zero-order chi connectivity index (χ0) is 15.4. The quantitative estimate of drug-likeness (QED) is 0.882. The van der Waals surface area contributed by atoms with Crippen molar-refractivity contribution in [2.45, 2.75) is 52.2 Å². The summed E-state index contributed by atoms with van der Waals surface area (Å²) in [5, 5.41) is 2.86. The summed E-state index contributed by atoms with van der Waals surface area (Å²) in [6.45, 7) is 6.17. The van der Waals surface area contributed by atoms with Crippen molar-refractivity contribution in [3.05, 3.63) is 24.3 Å². The first-order valence-corrected chi connectivity index (χ1v) is 7.45. The van der Waals surface area contributed by atoms with Crippen molar-refractivity contribution in [2.75, 3.05) is 0 Å². The summed E-state index contributed by atoms with van der Waals surface area (Å²) in [5.41, 5.74) is 0. The minimum Gasteiger partial charge on any atom is -0.342 e. The lowest BCUT2D eigenvalue weighted by Gasteiger charge is -2.40. The number of carbonyl (C=O) groups excluding carboxylic acids is 2. The van der Waals surface area contributed by atoms with E-state index in [1.54, 1.807) is 23.4 Å². The molecule has 3 unspecified atom stereocenters. The molecule has 2 heterocycles. The Morgan fingerprint density at radius 3 is 2.52 bits per heavy atom. The second-order valence-electron chi connectivity index (χ2n) is 5.43. The van der Waals surface area contributed by atoms with Crippen LogP contribution in [0.2, 0.25) is 0 Å². The molecule has 2 rings (SSSR count). The molecule has 0 saturated carbocycles. The van der Waals surface area contributed by atoms with Crippen molar-refractivity contribution in [3.63, 3.8) is 0 Å². The van der Waals surface area contributed by atoms with Gasteiger partial charge in [-0.3, -0.25) is 9.59 Å². The van der Waals surface area contributed by atoms with Crippen LogP contribution in [0.25, 0.3) is 0 Å². The van der Waals surface area contributed by atoms with Crippen molar-refractivity contribution in [1.29, 1.82) is 0 Å². The summed E-state index contributed by atoms with van der Waals surface area (Å²) < 4.78 is 0. The number of hydrogen-bond donors (Lipinski definition) is 1. The van der Waals surface area contributed by atoms with Crippen LogP contribution >= 0.6 is 0 Å². The number of nitrogens with one attached hydrogen (secondary N) is 1. The third-order valence-corrected chi connectivity index (χ3v) is 4.06. The molecule has 1 N–H and O–H groups in total. The van der Waals surface area contributed by atoms with Crippen molar-refractivity contribution in [1.82, 2.24) is 20.2 Å². The maximum Gasteiger partial charge on any atom is 0.246 e. The van der Waals surface area contributed by atoms with Gasteiger partial charge in [0.25, 0.3) is 0 Å². The van der Waals surface area contributed by atoms with Gasteiger partial charge in [0.1, 0.15) is 17.9 Å². The highest BCUT2D eigenvalue weighted by molar-refractivity contribution is 5.97. The fourth-order valence-electron chi connectivity index (χ4n) is 2.56. The smallest absolute Gasteiger partial charge is 0.246 e. The molecule has 2 amide bonds. The number of rotatable bonds is 5. The lowest BCUT2D eigenvalue weighted by molar-refractivity contribution is -0.151. The highest BCUT2D eigenvalue weighted by Gasteiger charge is 2.41. The Hall–Kier alpha value is -1.98. The summed E-state index contributed by atoms with van der Waals surface area (Å²) in [6.07, 6.45) is 4.70. The normalized spacial score (nSPS) is 23.9. The summed E-state index contributed by atoms with van der Waals surface area (Å²) >= 11 is 0. The van der Waals surface area contributed by atoms with E-state index in [4.69, 9.17) is 0 Å². The molecule has 6 nitrogen and oxygen atoms in total. The molecule has 1 aliphatic heterocycles. The summed E-state index contributed by atoms with van der Waals surface area (Å²) in [5.74, 6) is 0.543. The number of amides is 2. The monoisotopic (exact) mass is 290 g/mol. The Bertz CT molecular complexity index is 506. The fourth-order valence-corrected chi connectivity index (χ4v) is 2.56. The molecule has 0 spiro atoms. The number of nitrogens with zero attached hydrogens (tertiary/aromatic N) is 3. The molecule has 114 valence electrons. The van der Waals surface area contributed by atoms with Crippen LogP contribution in [-0.4, -0.2) is 38.8 Å². The third-order valence-electron chi connectivity index (χ3n) is 4.06. The van der Waals surface area contributed by atoms with Crippen LogP contribution in [-0.2, 0) is 16.1 Å². The van der Waals surface area contributed by atoms with Crippen LogP contribution in [0.15, 0.2) is 18.5 Å². The Balaban J connectivity index is 2.24. The first-order chi connectivity index (χ1) is 10.1. The Labute approximate surface area is 125 Å². The molecule has 0 aromatic carbocycles.